The molecule has 1 fully saturated rings. The molecule has 0 aliphatic carbocycles. The van der Waals surface area contributed by atoms with Crippen LogP contribution in [0.2, 0.25) is 0 Å². The number of carbonyl (C=O) groups excluding carboxylic acids is 1. The van der Waals surface area contributed by atoms with Gasteiger partial charge >= 0.3 is 5.97 Å². The SMILES string of the molecule is C#C.C[C@@H]1CNC(C(=O)OC(C)(C)C)C1.[HH]. The van der Waals surface area contributed by atoms with Crippen molar-refractivity contribution in [2.24, 2.45) is 5.92 Å². The summed E-state index contributed by atoms with van der Waals surface area (Å²) in [6, 6.07) is -0.0887. The van der Waals surface area contributed by atoms with E-state index >= 15 is 0 Å². The molecule has 0 spiro atoms. The smallest absolute Gasteiger partial charge is 0.323 e. The molecule has 1 aliphatic rings. The van der Waals surface area contributed by atoms with E-state index in [4.69, 9.17) is 4.74 Å². The Labute approximate surface area is 94.1 Å². The van der Waals surface area contributed by atoms with Gasteiger partial charge in [-0.25, -0.2) is 0 Å². The first-order valence-corrected chi connectivity index (χ1v) is 5.18. The highest BCUT2D eigenvalue weighted by atomic mass is 16.6. The van der Waals surface area contributed by atoms with Crippen LogP contribution in [0.25, 0.3) is 0 Å². The van der Waals surface area contributed by atoms with Gasteiger partial charge in [-0.1, -0.05) is 6.92 Å². The summed E-state index contributed by atoms with van der Waals surface area (Å²) >= 11 is 0. The lowest BCUT2D eigenvalue weighted by molar-refractivity contribution is -0.157. The molecule has 0 aromatic heterocycles. The summed E-state index contributed by atoms with van der Waals surface area (Å²) in [4.78, 5) is 11.5. The zero-order chi connectivity index (χ0) is 12.1. The van der Waals surface area contributed by atoms with Crippen LogP contribution in [0.3, 0.4) is 0 Å². The zero-order valence-electron chi connectivity index (χ0n) is 10.0. The Morgan fingerprint density at radius 3 is 2.33 bits per heavy atom. The molecule has 1 N–H and O–H groups in total. The summed E-state index contributed by atoms with van der Waals surface area (Å²) < 4.78 is 5.27. The highest BCUT2D eigenvalue weighted by molar-refractivity contribution is 5.76. The molecule has 1 aliphatic heterocycles. The fourth-order valence-corrected chi connectivity index (χ4v) is 1.46. The van der Waals surface area contributed by atoms with Gasteiger partial charge in [0.1, 0.15) is 11.6 Å². The van der Waals surface area contributed by atoms with Crippen molar-refractivity contribution in [3.8, 4) is 12.8 Å². The van der Waals surface area contributed by atoms with Crippen molar-refractivity contribution in [3.05, 3.63) is 0 Å². The minimum atomic E-state index is -0.370. The molecule has 88 valence electrons. The Balaban J connectivity index is 0. The highest BCUT2D eigenvalue weighted by Crippen LogP contribution is 2.16. The van der Waals surface area contributed by atoms with E-state index in [2.05, 4.69) is 25.1 Å². The van der Waals surface area contributed by atoms with Gasteiger partial charge in [0.05, 0.1) is 0 Å². The maximum absolute atomic E-state index is 11.5. The molecular formula is C12H23NO2. The Hall–Kier alpha value is -1.01. The van der Waals surface area contributed by atoms with E-state index < -0.39 is 0 Å². The first-order valence-electron chi connectivity index (χ1n) is 5.18. The number of terminal acetylenes is 1. The van der Waals surface area contributed by atoms with E-state index in [9.17, 15) is 4.79 Å². The quantitative estimate of drug-likeness (QED) is 0.533. The zero-order valence-corrected chi connectivity index (χ0v) is 10.0. The molecule has 0 aromatic carbocycles. The Bertz CT molecular complexity index is 233. The number of carbonyl (C=O) groups is 1. The Morgan fingerprint density at radius 2 is 2.00 bits per heavy atom. The molecule has 0 aromatic rings. The van der Waals surface area contributed by atoms with E-state index in [1.807, 2.05) is 20.8 Å². The maximum Gasteiger partial charge on any atom is 0.323 e. The van der Waals surface area contributed by atoms with Crippen molar-refractivity contribution in [1.29, 1.82) is 0 Å². The number of esters is 1. The van der Waals surface area contributed by atoms with Crippen LogP contribution in [-0.4, -0.2) is 24.2 Å². The molecule has 2 atom stereocenters. The summed E-state index contributed by atoms with van der Waals surface area (Å²) in [5.74, 6) is 0.467. The fourth-order valence-electron chi connectivity index (χ4n) is 1.46. The van der Waals surface area contributed by atoms with Crippen molar-refractivity contribution < 1.29 is 11.0 Å². The second-order valence-corrected chi connectivity index (χ2v) is 4.84. The normalized spacial score (nSPS) is 25.2. The lowest BCUT2D eigenvalue weighted by Crippen LogP contribution is -2.37. The summed E-state index contributed by atoms with van der Waals surface area (Å²) in [6.45, 7) is 8.73. The van der Waals surface area contributed by atoms with Crippen LogP contribution in [0, 0.1) is 18.8 Å². The van der Waals surface area contributed by atoms with Gasteiger partial charge in [0, 0.05) is 1.43 Å². The number of nitrogens with one attached hydrogen (secondary N) is 1. The largest absolute Gasteiger partial charge is 0.459 e. The third kappa shape index (κ3) is 5.44. The molecule has 0 saturated carbocycles. The lowest BCUT2D eigenvalue weighted by Gasteiger charge is -2.22. The molecule has 0 radical (unpaired) electrons. The molecule has 0 amide bonds. The molecule has 15 heavy (non-hydrogen) atoms. The predicted octanol–water partition coefficient (Wildman–Crippen LogP) is 1.82. The predicted molar refractivity (Wildman–Crippen MR) is 63.4 cm³/mol. The number of ether oxygens (including phenoxy) is 1. The molecule has 1 rings (SSSR count). The Morgan fingerprint density at radius 1 is 1.47 bits per heavy atom. The van der Waals surface area contributed by atoms with E-state index in [1.165, 1.54) is 0 Å². The van der Waals surface area contributed by atoms with Gasteiger partial charge < -0.3 is 10.1 Å². The van der Waals surface area contributed by atoms with Crippen LogP contribution >= 0.6 is 0 Å². The molecule has 3 heteroatoms. The van der Waals surface area contributed by atoms with Gasteiger partial charge in [-0.05, 0) is 39.7 Å². The van der Waals surface area contributed by atoms with Gasteiger partial charge in [-0.15, -0.1) is 12.8 Å². The molecule has 1 heterocycles. The summed E-state index contributed by atoms with van der Waals surface area (Å²) in [5.41, 5.74) is -0.370. The molecule has 1 unspecified atom stereocenters. The molecule has 0 bridgehead atoms. The average molecular weight is 213 g/mol. The van der Waals surface area contributed by atoms with Crippen molar-refractivity contribution in [2.75, 3.05) is 6.54 Å². The molecule has 3 nitrogen and oxygen atoms in total. The maximum atomic E-state index is 11.5. The second kappa shape index (κ2) is 5.77. The van der Waals surface area contributed by atoms with Gasteiger partial charge in [0.2, 0.25) is 0 Å². The van der Waals surface area contributed by atoms with Crippen molar-refractivity contribution in [1.82, 2.24) is 5.32 Å². The standard InChI is InChI=1S/C10H19NO2.C2H2.H2/c1-7-5-8(11-6-7)9(12)13-10(2,3)4;1-2;/h7-8,11H,5-6H2,1-4H3;1-2H;1H/t7-,8?;;/m0../s1. The van der Waals surface area contributed by atoms with Gasteiger partial charge in [0.25, 0.3) is 0 Å². The summed E-state index contributed by atoms with van der Waals surface area (Å²) in [5, 5.41) is 3.15. The first kappa shape index (κ1) is 14.0. The lowest BCUT2D eigenvalue weighted by atomic mass is 10.1. The minimum Gasteiger partial charge on any atom is -0.459 e. The highest BCUT2D eigenvalue weighted by Gasteiger charge is 2.30. The monoisotopic (exact) mass is 213 g/mol. The van der Waals surface area contributed by atoms with Crippen LogP contribution < -0.4 is 5.32 Å². The van der Waals surface area contributed by atoms with Crippen molar-refractivity contribution in [3.63, 3.8) is 0 Å². The van der Waals surface area contributed by atoms with Crippen LogP contribution in [-0.2, 0) is 9.53 Å². The third-order valence-corrected chi connectivity index (χ3v) is 2.04. The second-order valence-electron chi connectivity index (χ2n) is 4.84. The van der Waals surface area contributed by atoms with Gasteiger partial charge in [-0.3, -0.25) is 4.79 Å². The van der Waals surface area contributed by atoms with Crippen molar-refractivity contribution in [2.45, 2.75) is 45.8 Å². The van der Waals surface area contributed by atoms with Crippen LogP contribution in [0.4, 0.5) is 0 Å². The fraction of sp³-hybridized carbons (Fsp3) is 0.750. The summed E-state index contributed by atoms with van der Waals surface area (Å²) in [6.07, 6.45) is 8.90. The van der Waals surface area contributed by atoms with Crippen molar-refractivity contribution >= 4 is 5.97 Å². The number of hydrogen-bond donors (Lipinski definition) is 1. The van der Waals surface area contributed by atoms with E-state index in [0.717, 1.165) is 13.0 Å². The topological polar surface area (TPSA) is 38.3 Å². The van der Waals surface area contributed by atoms with Crippen LogP contribution in [0.1, 0.15) is 35.5 Å². The molecule has 1 saturated heterocycles. The average Bonchev–Trinajstić information content (AvgIpc) is 2.52. The number of rotatable bonds is 1. The summed E-state index contributed by atoms with van der Waals surface area (Å²) in [7, 11) is 0. The third-order valence-electron chi connectivity index (χ3n) is 2.04. The van der Waals surface area contributed by atoms with Gasteiger partial charge in [0.15, 0.2) is 0 Å². The first-order chi connectivity index (χ1) is 6.88. The van der Waals surface area contributed by atoms with E-state index in [1.54, 1.807) is 0 Å². The van der Waals surface area contributed by atoms with E-state index in [-0.39, 0.29) is 19.0 Å². The molecular weight excluding hydrogens is 190 g/mol. The minimum absolute atomic E-state index is 0. The van der Waals surface area contributed by atoms with E-state index in [0.29, 0.717) is 5.92 Å². The Kier molecular flexibility index (Phi) is 5.38. The van der Waals surface area contributed by atoms with Crippen LogP contribution in [0.15, 0.2) is 0 Å². The van der Waals surface area contributed by atoms with Crippen LogP contribution in [0.5, 0.6) is 0 Å². The number of hydrogen-bond acceptors (Lipinski definition) is 3. The van der Waals surface area contributed by atoms with Gasteiger partial charge in [-0.2, -0.15) is 0 Å².